The number of aliphatic hydroxyl groups is 1. The van der Waals surface area contributed by atoms with Crippen molar-refractivity contribution in [3.63, 3.8) is 0 Å². The van der Waals surface area contributed by atoms with Crippen LogP contribution in [0.4, 0.5) is 5.69 Å². The average molecular weight is 193 g/mol. The third-order valence-electron chi connectivity index (χ3n) is 2.72. The molecule has 0 amide bonds. The summed E-state index contributed by atoms with van der Waals surface area (Å²) >= 11 is 0. The highest BCUT2D eigenvalue weighted by Crippen LogP contribution is 2.26. The number of aryl methyl sites for hydroxylation is 1. The van der Waals surface area contributed by atoms with Gasteiger partial charge in [-0.2, -0.15) is 0 Å². The Morgan fingerprint density at radius 2 is 2.21 bits per heavy atom. The number of aromatic hydroxyl groups is 1. The predicted octanol–water partition coefficient (Wildman–Crippen LogP) is 1.27. The molecule has 1 atom stereocenters. The minimum Gasteiger partial charge on any atom is -0.508 e. The van der Waals surface area contributed by atoms with Crippen molar-refractivity contribution >= 4 is 5.69 Å². The zero-order valence-electron chi connectivity index (χ0n) is 8.27. The van der Waals surface area contributed by atoms with Crippen LogP contribution in [0.25, 0.3) is 0 Å². The van der Waals surface area contributed by atoms with Gasteiger partial charge in [-0.25, -0.2) is 0 Å². The number of hydrogen-bond donors (Lipinski definition) is 2. The fourth-order valence-electron chi connectivity index (χ4n) is 1.77. The van der Waals surface area contributed by atoms with Crippen LogP contribution in [0.2, 0.25) is 0 Å². The van der Waals surface area contributed by atoms with E-state index in [4.69, 9.17) is 0 Å². The number of phenols is 1. The van der Waals surface area contributed by atoms with Crippen LogP contribution in [0.15, 0.2) is 18.2 Å². The van der Waals surface area contributed by atoms with Crippen LogP contribution in [-0.4, -0.2) is 29.4 Å². The number of anilines is 1. The second kappa shape index (κ2) is 3.50. The minimum atomic E-state index is -0.224. The van der Waals surface area contributed by atoms with Crippen molar-refractivity contribution in [2.24, 2.45) is 0 Å². The number of phenolic OH excluding ortho intramolecular Hbond substituents is 1. The molecule has 0 bridgehead atoms. The smallest absolute Gasteiger partial charge is 0.120 e. The number of nitrogens with zero attached hydrogens (tertiary/aromatic N) is 1. The number of β-amino-alcohol motifs (C(OH)–C–C–N with tert-alkyl or cyclic N) is 1. The second-order valence-electron chi connectivity index (χ2n) is 3.86. The number of benzene rings is 1. The van der Waals surface area contributed by atoms with Crippen LogP contribution in [0, 0.1) is 6.92 Å². The fourth-order valence-corrected chi connectivity index (χ4v) is 1.77. The number of rotatable bonds is 1. The summed E-state index contributed by atoms with van der Waals surface area (Å²) in [6.07, 6.45) is 0.590. The maximum atomic E-state index is 9.54. The zero-order valence-corrected chi connectivity index (χ0v) is 8.27. The molecule has 76 valence electrons. The van der Waals surface area contributed by atoms with Gasteiger partial charge in [0.2, 0.25) is 0 Å². The molecule has 0 aliphatic carbocycles. The zero-order chi connectivity index (χ0) is 10.1. The van der Waals surface area contributed by atoms with Gasteiger partial charge in [0.1, 0.15) is 5.75 Å². The van der Waals surface area contributed by atoms with E-state index in [1.54, 1.807) is 6.07 Å². The molecule has 1 fully saturated rings. The van der Waals surface area contributed by atoms with Gasteiger partial charge in [-0.1, -0.05) is 6.07 Å². The predicted molar refractivity (Wildman–Crippen MR) is 55.7 cm³/mol. The highest BCUT2D eigenvalue weighted by atomic mass is 16.3. The Balaban J connectivity index is 2.20. The van der Waals surface area contributed by atoms with E-state index in [0.29, 0.717) is 12.3 Å². The normalized spacial score (nSPS) is 21.6. The van der Waals surface area contributed by atoms with Crippen molar-refractivity contribution < 1.29 is 10.2 Å². The van der Waals surface area contributed by atoms with Gasteiger partial charge in [-0.15, -0.1) is 0 Å². The molecule has 1 heterocycles. The van der Waals surface area contributed by atoms with E-state index >= 15 is 0 Å². The first-order valence-electron chi connectivity index (χ1n) is 4.89. The highest BCUT2D eigenvalue weighted by Gasteiger charge is 2.20. The molecular formula is C11H15NO2. The molecule has 1 saturated heterocycles. The van der Waals surface area contributed by atoms with E-state index in [9.17, 15) is 10.2 Å². The van der Waals surface area contributed by atoms with Gasteiger partial charge >= 0.3 is 0 Å². The van der Waals surface area contributed by atoms with Gasteiger partial charge in [0.25, 0.3) is 0 Å². The van der Waals surface area contributed by atoms with Crippen molar-refractivity contribution in [1.29, 1.82) is 0 Å². The molecule has 1 aliphatic heterocycles. The molecule has 14 heavy (non-hydrogen) atoms. The summed E-state index contributed by atoms with van der Waals surface area (Å²) < 4.78 is 0. The fraction of sp³-hybridized carbons (Fsp3) is 0.455. The van der Waals surface area contributed by atoms with E-state index in [2.05, 4.69) is 4.90 Å². The van der Waals surface area contributed by atoms with Crippen molar-refractivity contribution in [2.75, 3.05) is 18.0 Å². The molecule has 2 N–H and O–H groups in total. The average Bonchev–Trinajstić information content (AvgIpc) is 2.57. The van der Waals surface area contributed by atoms with Gasteiger partial charge in [-0.3, -0.25) is 0 Å². The molecule has 0 spiro atoms. The Kier molecular flexibility index (Phi) is 2.33. The lowest BCUT2D eigenvalue weighted by Crippen LogP contribution is -2.20. The Labute approximate surface area is 83.6 Å². The molecule has 1 aromatic rings. The lowest BCUT2D eigenvalue weighted by atomic mass is 10.2. The summed E-state index contributed by atoms with van der Waals surface area (Å²) in [5.41, 5.74) is 1.87. The molecule has 0 saturated carbocycles. The van der Waals surface area contributed by atoms with E-state index in [1.807, 2.05) is 19.1 Å². The topological polar surface area (TPSA) is 43.7 Å². The first-order valence-corrected chi connectivity index (χ1v) is 4.89. The Morgan fingerprint density at radius 1 is 1.43 bits per heavy atom. The molecule has 3 nitrogen and oxygen atoms in total. The highest BCUT2D eigenvalue weighted by molar-refractivity contribution is 5.53. The monoisotopic (exact) mass is 193 g/mol. The lowest BCUT2D eigenvalue weighted by molar-refractivity contribution is 0.198. The molecule has 1 aromatic carbocycles. The van der Waals surface area contributed by atoms with Crippen molar-refractivity contribution in [1.82, 2.24) is 0 Å². The third-order valence-corrected chi connectivity index (χ3v) is 2.72. The molecule has 0 radical (unpaired) electrons. The van der Waals surface area contributed by atoms with Crippen molar-refractivity contribution in [3.05, 3.63) is 23.8 Å². The summed E-state index contributed by atoms with van der Waals surface area (Å²) in [5.74, 6) is 0.323. The molecular weight excluding hydrogens is 178 g/mol. The minimum absolute atomic E-state index is 0.224. The summed E-state index contributed by atoms with van der Waals surface area (Å²) in [5, 5.41) is 18.9. The molecule has 0 aromatic heterocycles. The second-order valence-corrected chi connectivity index (χ2v) is 3.86. The Bertz CT molecular complexity index is 338. The van der Waals surface area contributed by atoms with Crippen LogP contribution in [0.3, 0.4) is 0 Å². The largest absolute Gasteiger partial charge is 0.508 e. The van der Waals surface area contributed by atoms with Crippen molar-refractivity contribution in [2.45, 2.75) is 19.4 Å². The standard InChI is InChI=1S/C11H15NO2/c1-8-2-3-9(6-11(8)14)12-5-4-10(13)7-12/h2-3,6,10,13-14H,4-5,7H2,1H3. The van der Waals surface area contributed by atoms with Crippen LogP contribution < -0.4 is 4.90 Å². The van der Waals surface area contributed by atoms with E-state index in [-0.39, 0.29) is 6.10 Å². The van der Waals surface area contributed by atoms with Crippen LogP contribution in [0.5, 0.6) is 5.75 Å². The first-order chi connectivity index (χ1) is 6.66. The van der Waals surface area contributed by atoms with Crippen LogP contribution >= 0.6 is 0 Å². The number of aliphatic hydroxyl groups excluding tert-OH is 1. The first kappa shape index (κ1) is 9.34. The van der Waals surface area contributed by atoms with Gasteiger partial charge in [0.05, 0.1) is 6.10 Å². The van der Waals surface area contributed by atoms with E-state index < -0.39 is 0 Å². The van der Waals surface area contributed by atoms with Crippen LogP contribution in [-0.2, 0) is 0 Å². The summed E-state index contributed by atoms with van der Waals surface area (Å²) in [6, 6.07) is 5.63. The lowest BCUT2D eigenvalue weighted by Gasteiger charge is -2.18. The quantitative estimate of drug-likeness (QED) is 0.706. The Hall–Kier alpha value is -1.22. The van der Waals surface area contributed by atoms with Gasteiger partial charge in [0, 0.05) is 24.8 Å². The van der Waals surface area contributed by atoms with E-state index in [0.717, 1.165) is 24.2 Å². The molecule has 3 heteroatoms. The number of hydrogen-bond acceptors (Lipinski definition) is 3. The van der Waals surface area contributed by atoms with Crippen molar-refractivity contribution in [3.8, 4) is 5.75 Å². The third kappa shape index (κ3) is 1.68. The maximum absolute atomic E-state index is 9.54. The van der Waals surface area contributed by atoms with Gasteiger partial charge < -0.3 is 15.1 Å². The summed E-state index contributed by atoms with van der Waals surface area (Å²) in [7, 11) is 0. The maximum Gasteiger partial charge on any atom is 0.120 e. The molecule has 1 unspecified atom stereocenters. The van der Waals surface area contributed by atoms with Crippen LogP contribution in [0.1, 0.15) is 12.0 Å². The van der Waals surface area contributed by atoms with Gasteiger partial charge in [0.15, 0.2) is 0 Å². The summed E-state index contributed by atoms with van der Waals surface area (Å²) in [6.45, 7) is 3.41. The molecule has 2 rings (SSSR count). The Morgan fingerprint density at radius 3 is 2.79 bits per heavy atom. The summed E-state index contributed by atoms with van der Waals surface area (Å²) in [4.78, 5) is 2.09. The molecule has 1 aliphatic rings. The SMILES string of the molecule is Cc1ccc(N2CCC(O)C2)cc1O. The van der Waals surface area contributed by atoms with E-state index in [1.165, 1.54) is 0 Å². The van der Waals surface area contributed by atoms with Gasteiger partial charge in [-0.05, 0) is 25.0 Å².